The van der Waals surface area contributed by atoms with Gasteiger partial charge in [-0.3, -0.25) is 4.68 Å². The predicted molar refractivity (Wildman–Crippen MR) is 87.0 cm³/mol. The molecule has 21 heavy (non-hydrogen) atoms. The van der Waals surface area contributed by atoms with Crippen molar-refractivity contribution < 1.29 is 0 Å². The van der Waals surface area contributed by atoms with Gasteiger partial charge in [-0.25, -0.2) is 0 Å². The van der Waals surface area contributed by atoms with Gasteiger partial charge in [0.15, 0.2) is 0 Å². The van der Waals surface area contributed by atoms with Crippen LogP contribution in [0.25, 0.3) is 0 Å². The molecule has 0 saturated heterocycles. The maximum atomic E-state index is 4.26. The van der Waals surface area contributed by atoms with Gasteiger partial charge in [0.1, 0.15) is 0 Å². The Kier molecular flexibility index (Phi) is 6.68. The quantitative estimate of drug-likeness (QED) is 0.793. The minimum Gasteiger partial charge on any atom is -0.308 e. The zero-order valence-electron chi connectivity index (χ0n) is 14.0. The fourth-order valence-corrected chi connectivity index (χ4v) is 3.37. The maximum Gasteiger partial charge on any atom is 0.0964 e. The summed E-state index contributed by atoms with van der Waals surface area (Å²) in [7, 11) is 0. The number of unbranched alkanes of at least 4 members (excludes halogenated alkanes) is 1. The highest BCUT2D eigenvalue weighted by Crippen LogP contribution is 2.29. The SMILES string of the molecule is CCCCn1cc(CNC2CCC(CC(C)C)CC2)nn1. The molecule has 1 aliphatic rings. The van der Waals surface area contributed by atoms with E-state index in [4.69, 9.17) is 0 Å². The molecule has 0 radical (unpaired) electrons. The van der Waals surface area contributed by atoms with Crippen LogP contribution in [0.1, 0.15) is 71.4 Å². The molecular weight excluding hydrogens is 260 g/mol. The van der Waals surface area contributed by atoms with E-state index in [2.05, 4.69) is 42.6 Å². The maximum absolute atomic E-state index is 4.26. The zero-order valence-corrected chi connectivity index (χ0v) is 14.0. The fraction of sp³-hybridized carbons (Fsp3) is 0.882. The Morgan fingerprint density at radius 1 is 1.29 bits per heavy atom. The molecule has 0 spiro atoms. The normalized spacial score (nSPS) is 22.9. The average Bonchev–Trinajstić information content (AvgIpc) is 2.92. The molecule has 4 nitrogen and oxygen atoms in total. The molecule has 1 aromatic heterocycles. The first-order chi connectivity index (χ1) is 10.2. The lowest BCUT2D eigenvalue weighted by Crippen LogP contribution is -2.33. The van der Waals surface area contributed by atoms with Crippen LogP contribution >= 0.6 is 0 Å². The van der Waals surface area contributed by atoms with Gasteiger partial charge >= 0.3 is 0 Å². The van der Waals surface area contributed by atoms with Crippen LogP contribution in [0, 0.1) is 11.8 Å². The van der Waals surface area contributed by atoms with E-state index in [1.54, 1.807) is 0 Å². The summed E-state index contributed by atoms with van der Waals surface area (Å²) < 4.78 is 1.97. The van der Waals surface area contributed by atoms with E-state index < -0.39 is 0 Å². The second kappa shape index (κ2) is 8.52. The van der Waals surface area contributed by atoms with Crippen molar-refractivity contribution in [1.82, 2.24) is 20.3 Å². The van der Waals surface area contributed by atoms with Crippen molar-refractivity contribution in [3.8, 4) is 0 Å². The molecular formula is C17H32N4. The highest BCUT2D eigenvalue weighted by atomic mass is 15.4. The van der Waals surface area contributed by atoms with Crippen LogP contribution in [0.5, 0.6) is 0 Å². The second-order valence-corrected chi connectivity index (χ2v) is 7.05. The van der Waals surface area contributed by atoms with Crippen molar-refractivity contribution in [2.75, 3.05) is 0 Å². The van der Waals surface area contributed by atoms with Gasteiger partial charge in [0, 0.05) is 25.3 Å². The van der Waals surface area contributed by atoms with Crippen LogP contribution < -0.4 is 5.32 Å². The third-order valence-electron chi connectivity index (χ3n) is 4.55. The van der Waals surface area contributed by atoms with Gasteiger partial charge in [0.25, 0.3) is 0 Å². The number of aromatic nitrogens is 3. The van der Waals surface area contributed by atoms with Gasteiger partial charge in [-0.05, 0) is 50.4 Å². The van der Waals surface area contributed by atoms with Crippen molar-refractivity contribution >= 4 is 0 Å². The van der Waals surface area contributed by atoms with E-state index in [1.807, 2.05) is 4.68 Å². The summed E-state index contributed by atoms with van der Waals surface area (Å²) in [5, 5.41) is 12.1. The molecule has 2 rings (SSSR count). The molecule has 0 aliphatic heterocycles. The monoisotopic (exact) mass is 292 g/mol. The first-order valence-electron chi connectivity index (χ1n) is 8.79. The van der Waals surface area contributed by atoms with Crippen LogP contribution in [-0.2, 0) is 13.1 Å². The molecule has 1 N–H and O–H groups in total. The topological polar surface area (TPSA) is 42.7 Å². The van der Waals surface area contributed by atoms with Crippen molar-refractivity contribution in [1.29, 1.82) is 0 Å². The Hall–Kier alpha value is -0.900. The van der Waals surface area contributed by atoms with Crippen LogP contribution in [0.2, 0.25) is 0 Å². The smallest absolute Gasteiger partial charge is 0.0964 e. The Balaban J connectivity index is 1.66. The van der Waals surface area contributed by atoms with E-state index in [-0.39, 0.29) is 0 Å². The van der Waals surface area contributed by atoms with Crippen LogP contribution in [0.3, 0.4) is 0 Å². The number of aryl methyl sites for hydroxylation is 1. The third kappa shape index (κ3) is 5.77. The molecule has 0 bridgehead atoms. The molecule has 0 aromatic carbocycles. The summed E-state index contributed by atoms with van der Waals surface area (Å²) in [4.78, 5) is 0. The summed E-state index contributed by atoms with van der Waals surface area (Å²) in [6, 6.07) is 0.675. The van der Waals surface area contributed by atoms with Gasteiger partial charge in [0.05, 0.1) is 5.69 Å². The molecule has 0 amide bonds. The summed E-state index contributed by atoms with van der Waals surface area (Å²) in [5.41, 5.74) is 1.08. The molecule has 1 fully saturated rings. The van der Waals surface area contributed by atoms with Gasteiger partial charge in [-0.1, -0.05) is 32.4 Å². The molecule has 1 aliphatic carbocycles. The molecule has 4 heteroatoms. The molecule has 1 aromatic rings. The van der Waals surface area contributed by atoms with Crippen LogP contribution in [0.4, 0.5) is 0 Å². The molecule has 0 unspecified atom stereocenters. The lowest BCUT2D eigenvalue weighted by molar-refractivity contribution is 0.258. The standard InChI is InChI=1S/C17H32N4/c1-4-5-10-21-13-17(19-20-21)12-18-16-8-6-15(7-9-16)11-14(2)3/h13-16,18H,4-12H2,1-3H3. The molecule has 1 heterocycles. The van der Waals surface area contributed by atoms with Crippen molar-refractivity contribution in [2.24, 2.45) is 11.8 Å². The number of nitrogens with zero attached hydrogens (tertiary/aromatic N) is 3. The molecule has 0 atom stereocenters. The molecule has 1 saturated carbocycles. The van der Waals surface area contributed by atoms with Crippen molar-refractivity contribution in [3.63, 3.8) is 0 Å². The van der Waals surface area contributed by atoms with E-state index in [9.17, 15) is 0 Å². The van der Waals surface area contributed by atoms with Crippen LogP contribution in [0.15, 0.2) is 6.20 Å². The Bertz CT molecular complexity index is 391. The highest BCUT2D eigenvalue weighted by Gasteiger charge is 2.21. The number of rotatable bonds is 8. The van der Waals surface area contributed by atoms with Gasteiger partial charge < -0.3 is 5.32 Å². The van der Waals surface area contributed by atoms with Crippen molar-refractivity contribution in [2.45, 2.75) is 84.8 Å². The minimum absolute atomic E-state index is 0.675. The lowest BCUT2D eigenvalue weighted by Gasteiger charge is -2.30. The minimum atomic E-state index is 0.675. The van der Waals surface area contributed by atoms with Crippen LogP contribution in [-0.4, -0.2) is 21.0 Å². The Morgan fingerprint density at radius 3 is 2.71 bits per heavy atom. The number of hydrogen-bond donors (Lipinski definition) is 1. The third-order valence-corrected chi connectivity index (χ3v) is 4.55. The summed E-state index contributed by atoms with van der Waals surface area (Å²) >= 11 is 0. The summed E-state index contributed by atoms with van der Waals surface area (Å²) in [6.07, 6.45) is 11.3. The van der Waals surface area contributed by atoms with E-state index >= 15 is 0 Å². The summed E-state index contributed by atoms with van der Waals surface area (Å²) in [6.45, 7) is 8.74. The Morgan fingerprint density at radius 2 is 2.05 bits per heavy atom. The second-order valence-electron chi connectivity index (χ2n) is 7.05. The van der Waals surface area contributed by atoms with Gasteiger partial charge in [-0.2, -0.15) is 0 Å². The number of nitrogens with one attached hydrogen (secondary N) is 1. The average molecular weight is 292 g/mol. The number of hydrogen-bond acceptors (Lipinski definition) is 3. The molecule has 120 valence electrons. The van der Waals surface area contributed by atoms with E-state index in [1.165, 1.54) is 44.9 Å². The highest BCUT2D eigenvalue weighted by molar-refractivity contribution is 4.92. The first kappa shape index (κ1) is 16.5. The largest absolute Gasteiger partial charge is 0.308 e. The van der Waals surface area contributed by atoms with Gasteiger partial charge in [-0.15, -0.1) is 5.10 Å². The summed E-state index contributed by atoms with van der Waals surface area (Å²) in [5.74, 6) is 1.80. The predicted octanol–water partition coefficient (Wildman–Crippen LogP) is 3.77. The van der Waals surface area contributed by atoms with E-state index in [0.717, 1.165) is 30.6 Å². The van der Waals surface area contributed by atoms with E-state index in [0.29, 0.717) is 6.04 Å². The Labute approximate surface area is 129 Å². The lowest BCUT2D eigenvalue weighted by atomic mass is 9.81. The fourth-order valence-electron chi connectivity index (χ4n) is 3.37. The van der Waals surface area contributed by atoms with Crippen molar-refractivity contribution in [3.05, 3.63) is 11.9 Å². The zero-order chi connectivity index (χ0) is 15.1. The van der Waals surface area contributed by atoms with Gasteiger partial charge in [0.2, 0.25) is 0 Å². The first-order valence-corrected chi connectivity index (χ1v) is 8.79.